The van der Waals surface area contributed by atoms with Crippen molar-refractivity contribution in [3.05, 3.63) is 37.1 Å². The highest BCUT2D eigenvalue weighted by Gasteiger charge is 2.05. The van der Waals surface area contributed by atoms with Crippen molar-refractivity contribution in [3.63, 3.8) is 0 Å². The van der Waals surface area contributed by atoms with Crippen molar-refractivity contribution in [2.75, 3.05) is 5.75 Å². The highest BCUT2D eigenvalue weighted by Crippen LogP contribution is 1.99. The van der Waals surface area contributed by atoms with Crippen molar-refractivity contribution in [1.82, 2.24) is 0 Å². The van der Waals surface area contributed by atoms with Crippen LogP contribution >= 0.6 is 0 Å². The maximum absolute atomic E-state index is 10.9. The second-order valence-electron chi connectivity index (χ2n) is 2.18. The number of rotatable bonds is 5. The summed E-state index contributed by atoms with van der Waals surface area (Å²) in [5, 5.41) is 0. The van der Waals surface area contributed by atoms with Crippen LogP contribution in [0.15, 0.2) is 37.1 Å². The van der Waals surface area contributed by atoms with Crippen LogP contribution in [0.25, 0.3) is 0 Å². The first-order valence-electron chi connectivity index (χ1n) is 3.33. The third kappa shape index (κ3) is 4.73. The third-order valence-corrected chi connectivity index (χ3v) is 2.06. The number of hydrogen-bond donors (Lipinski definition) is 0. The summed E-state index contributed by atoms with van der Waals surface area (Å²) in [5.74, 6) is -0.187. The first kappa shape index (κ1) is 11.0. The average molecular weight is 188 g/mol. The Hall–Kier alpha value is -1.03. The van der Waals surface area contributed by atoms with Gasteiger partial charge in [0.25, 0.3) is 0 Å². The predicted molar refractivity (Wildman–Crippen MR) is 49.0 cm³/mol. The first-order chi connectivity index (χ1) is 5.52. The lowest BCUT2D eigenvalue weighted by Gasteiger charge is -1.99. The molecule has 0 heterocycles. The molecule has 3 nitrogen and oxygen atoms in total. The van der Waals surface area contributed by atoms with E-state index in [-0.39, 0.29) is 5.75 Å². The monoisotopic (exact) mass is 188 g/mol. The van der Waals surface area contributed by atoms with E-state index >= 15 is 0 Å². The number of hydrogen-bond acceptors (Lipinski definition) is 3. The second-order valence-corrected chi connectivity index (χ2v) is 3.82. The van der Waals surface area contributed by atoms with Gasteiger partial charge in [-0.15, -0.1) is 6.58 Å². The van der Waals surface area contributed by atoms with Gasteiger partial charge in [-0.25, -0.2) is 0 Å². The van der Waals surface area contributed by atoms with Crippen LogP contribution in [0.1, 0.15) is 6.92 Å². The molecule has 0 aromatic rings. The summed E-state index contributed by atoms with van der Waals surface area (Å²) in [5.41, 5.74) is 0.655. The standard InChI is InChI=1S/C8H12O3S/c1-4-6-12(9,10)11-7-8(3)5-2/h4-5,7H,1-2,6H2,3H3. The fraction of sp³-hybridized carbons (Fsp3) is 0.250. The topological polar surface area (TPSA) is 43.4 Å². The van der Waals surface area contributed by atoms with Gasteiger partial charge in [0, 0.05) is 0 Å². The summed E-state index contributed by atoms with van der Waals surface area (Å²) in [7, 11) is -3.48. The summed E-state index contributed by atoms with van der Waals surface area (Å²) >= 11 is 0. The minimum atomic E-state index is -3.48. The van der Waals surface area contributed by atoms with E-state index in [9.17, 15) is 8.42 Å². The normalized spacial score (nSPS) is 12.2. The molecule has 0 aromatic carbocycles. The molecule has 0 unspecified atom stereocenters. The molecule has 0 aromatic heterocycles. The van der Waals surface area contributed by atoms with Crippen molar-refractivity contribution >= 4 is 10.1 Å². The second kappa shape index (κ2) is 4.77. The van der Waals surface area contributed by atoms with Crippen LogP contribution in [0.2, 0.25) is 0 Å². The van der Waals surface area contributed by atoms with Crippen molar-refractivity contribution < 1.29 is 12.6 Å². The van der Waals surface area contributed by atoms with E-state index < -0.39 is 10.1 Å². The van der Waals surface area contributed by atoms with Gasteiger partial charge in [0.05, 0.1) is 0 Å². The third-order valence-electron chi connectivity index (χ3n) is 1.02. The van der Waals surface area contributed by atoms with Crippen LogP contribution in [0.3, 0.4) is 0 Å². The molecule has 0 fully saturated rings. The minimum absolute atomic E-state index is 0.187. The van der Waals surface area contributed by atoms with Gasteiger partial charge in [-0.2, -0.15) is 8.42 Å². The molecular formula is C8H12O3S. The van der Waals surface area contributed by atoms with Gasteiger partial charge in [0.1, 0.15) is 12.0 Å². The van der Waals surface area contributed by atoms with Gasteiger partial charge in [-0.1, -0.05) is 18.7 Å². The summed E-state index contributed by atoms with van der Waals surface area (Å²) in [6.45, 7) is 8.43. The van der Waals surface area contributed by atoms with Gasteiger partial charge in [0.2, 0.25) is 0 Å². The molecule has 4 heteroatoms. The molecule has 0 rings (SSSR count). The van der Waals surface area contributed by atoms with Crippen molar-refractivity contribution in [2.45, 2.75) is 6.92 Å². The Labute approximate surface area is 73.2 Å². The van der Waals surface area contributed by atoms with Crippen LogP contribution < -0.4 is 0 Å². The zero-order valence-electron chi connectivity index (χ0n) is 6.99. The van der Waals surface area contributed by atoms with Gasteiger partial charge in [-0.3, -0.25) is 0 Å². The van der Waals surface area contributed by atoms with Crippen LogP contribution in [0.5, 0.6) is 0 Å². The maximum atomic E-state index is 10.9. The van der Waals surface area contributed by atoms with E-state index in [1.807, 2.05) is 0 Å². The van der Waals surface area contributed by atoms with Gasteiger partial charge in [-0.05, 0) is 12.5 Å². The Morgan fingerprint density at radius 2 is 2.08 bits per heavy atom. The van der Waals surface area contributed by atoms with Crippen LogP contribution in [0, 0.1) is 0 Å². The van der Waals surface area contributed by atoms with Crippen LogP contribution in [0.4, 0.5) is 0 Å². The van der Waals surface area contributed by atoms with E-state index in [0.717, 1.165) is 6.26 Å². The van der Waals surface area contributed by atoms with E-state index in [2.05, 4.69) is 17.3 Å². The Morgan fingerprint density at radius 3 is 2.50 bits per heavy atom. The zero-order valence-corrected chi connectivity index (χ0v) is 7.80. The Balaban J connectivity index is 4.27. The van der Waals surface area contributed by atoms with E-state index in [4.69, 9.17) is 0 Å². The Morgan fingerprint density at radius 1 is 1.50 bits per heavy atom. The SMILES string of the molecule is C=CCS(=O)(=O)OC=C(C)C=C. The summed E-state index contributed by atoms with van der Waals surface area (Å²) < 4.78 is 26.2. The first-order valence-corrected chi connectivity index (χ1v) is 4.90. The fourth-order valence-corrected chi connectivity index (χ4v) is 1.05. The lowest BCUT2D eigenvalue weighted by atomic mass is 10.3. The molecule has 0 N–H and O–H groups in total. The molecule has 0 atom stereocenters. The van der Waals surface area contributed by atoms with Crippen molar-refractivity contribution in [2.24, 2.45) is 0 Å². The van der Waals surface area contributed by atoms with Gasteiger partial charge >= 0.3 is 10.1 Å². The molecule has 0 aliphatic heterocycles. The molecule has 0 spiro atoms. The Kier molecular flexibility index (Phi) is 4.36. The van der Waals surface area contributed by atoms with E-state index in [1.165, 1.54) is 12.2 Å². The molecule has 0 amide bonds. The van der Waals surface area contributed by atoms with Gasteiger partial charge in [0.15, 0.2) is 0 Å². The van der Waals surface area contributed by atoms with Crippen molar-refractivity contribution in [1.29, 1.82) is 0 Å². The van der Waals surface area contributed by atoms with E-state index in [1.54, 1.807) is 6.92 Å². The highest BCUT2D eigenvalue weighted by atomic mass is 32.2. The van der Waals surface area contributed by atoms with Crippen molar-refractivity contribution in [3.8, 4) is 0 Å². The molecule has 0 saturated carbocycles. The van der Waals surface area contributed by atoms with Gasteiger partial charge < -0.3 is 4.18 Å². The lowest BCUT2D eigenvalue weighted by molar-refractivity contribution is 0.444. The Bertz CT molecular complexity index is 285. The van der Waals surface area contributed by atoms with E-state index in [0.29, 0.717) is 5.57 Å². The maximum Gasteiger partial charge on any atom is 0.312 e. The molecular weight excluding hydrogens is 176 g/mol. The lowest BCUT2D eigenvalue weighted by Crippen LogP contribution is -2.04. The summed E-state index contributed by atoms with van der Waals surface area (Å²) in [6.07, 6.45) is 3.92. The molecule has 68 valence electrons. The minimum Gasteiger partial charge on any atom is -0.390 e. The summed E-state index contributed by atoms with van der Waals surface area (Å²) in [4.78, 5) is 0. The quantitative estimate of drug-likeness (QED) is 0.285. The summed E-state index contributed by atoms with van der Waals surface area (Å²) in [6, 6.07) is 0. The molecule has 0 radical (unpaired) electrons. The smallest absolute Gasteiger partial charge is 0.312 e. The largest absolute Gasteiger partial charge is 0.390 e. The number of allylic oxidation sites excluding steroid dienone is 2. The fourth-order valence-electron chi connectivity index (χ4n) is 0.381. The zero-order chi connectivity index (χ0) is 9.61. The molecule has 12 heavy (non-hydrogen) atoms. The predicted octanol–water partition coefficient (Wildman–Crippen LogP) is 1.61. The van der Waals surface area contributed by atoms with Crippen LogP contribution in [-0.4, -0.2) is 14.2 Å². The molecule has 0 aliphatic rings. The molecule has 0 bridgehead atoms. The molecule has 0 aliphatic carbocycles. The van der Waals surface area contributed by atoms with Crippen LogP contribution in [-0.2, 0) is 14.3 Å². The average Bonchev–Trinajstić information content (AvgIpc) is 2.00. The molecule has 0 saturated heterocycles. The highest BCUT2D eigenvalue weighted by molar-refractivity contribution is 7.86.